The Morgan fingerprint density at radius 1 is 1.53 bits per heavy atom. The van der Waals surface area contributed by atoms with E-state index in [1.807, 2.05) is 0 Å². The molecular formula is C11H10F2O2. The molecule has 0 aliphatic heterocycles. The summed E-state index contributed by atoms with van der Waals surface area (Å²) >= 11 is 0. The SMILES string of the molecule is CC1CC1(C(=O)O)c1ccc(F)cc1F. The van der Waals surface area contributed by atoms with Crippen molar-refractivity contribution in [3.63, 3.8) is 0 Å². The third-order valence-corrected chi connectivity index (χ3v) is 3.10. The smallest absolute Gasteiger partial charge is 0.314 e. The van der Waals surface area contributed by atoms with E-state index in [1.54, 1.807) is 6.92 Å². The van der Waals surface area contributed by atoms with Gasteiger partial charge in [-0.15, -0.1) is 0 Å². The molecule has 2 unspecified atom stereocenters. The van der Waals surface area contributed by atoms with Crippen molar-refractivity contribution in [2.45, 2.75) is 18.8 Å². The van der Waals surface area contributed by atoms with Gasteiger partial charge in [0.1, 0.15) is 11.6 Å². The van der Waals surface area contributed by atoms with Crippen LogP contribution in [-0.2, 0) is 10.2 Å². The lowest BCUT2D eigenvalue weighted by Crippen LogP contribution is -2.23. The molecule has 0 saturated heterocycles. The first kappa shape index (κ1) is 10.1. The monoisotopic (exact) mass is 212 g/mol. The molecule has 1 saturated carbocycles. The first-order chi connectivity index (χ1) is 6.98. The number of aliphatic carboxylic acids is 1. The maximum absolute atomic E-state index is 13.4. The van der Waals surface area contributed by atoms with Gasteiger partial charge in [-0.05, 0) is 18.4 Å². The summed E-state index contributed by atoms with van der Waals surface area (Å²) in [5.74, 6) is -2.61. The van der Waals surface area contributed by atoms with Gasteiger partial charge in [-0.2, -0.15) is 0 Å². The molecule has 0 radical (unpaired) electrons. The third kappa shape index (κ3) is 1.32. The Morgan fingerprint density at radius 2 is 2.13 bits per heavy atom. The fraction of sp³-hybridized carbons (Fsp3) is 0.364. The van der Waals surface area contributed by atoms with Crippen LogP contribution in [0, 0.1) is 17.6 Å². The predicted molar refractivity (Wildman–Crippen MR) is 49.5 cm³/mol. The summed E-state index contributed by atoms with van der Waals surface area (Å²) in [5.41, 5.74) is -1.05. The van der Waals surface area contributed by atoms with E-state index in [4.69, 9.17) is 5.11 Å². The van der Waals surface area contributed by atoms with Gasteiger partial charge in [0.15, 0.2) is 0 Å². The van der Waals surface area contributed by atoms with Crippen LogP contribution in [0.25, 0.3) is 0 Å². The fourth-order valence-electron chi connectivity index (χ4n) is 2.06. The molecule has 1 fully saturated rings. The second-order valence-electron chi connectivity index (χ2n) is 4.01. The minimum atomic E-state index is -1.14. The maximum atomic E-state index is 13.4. The van der Waals surface area contributed by atoms with Crippen LogP contribution < -0.4 is 0 Å². The minimum Gasteiger partial charge on any atom is -0.481 e. The summed E-state index contributed by atoms with van der Waals surface area (Å²) in [6.45, 7) is 1.75. The molecular weight excluding hydrogens is 202 g/mol. The van der Waals surface area contributed by atoms with Crippen molar-refractivity contribution in [2.75, 3.05) is 0 Å². The second kappa shape index (κ2) is 3.02. The normalized spacial score (nSPS) is 28.9. The van der Waals surface area contributed by atoms with E-state index >= 15 is 0 Å². The fourth-order valence-corrected chi connectivity index (χ4v) is 2.06. The highest BCUT2D eigenvalue weighted by Gasteiger charge is 2.60. The van der Waals surface area contributed by atoms with Crippen molar-refractivity contribution in [3.05, 3.63) is 35.4 Å². The molecule has 0 aromatic heterocycles. The zero-order valence-electron chi connectivity index (χ0n) is 8.13. The van der Waals surface area contributed by atoms with Crippen molar-refractivity contribution in [1.82, 2.24) is 0 Å². The van der Waals surface area contributed by atoms with Crippen LogP contribution >= 0.6 is 0 Å². The van der Waals surface area contributed by atoms with Crippen LogP contribution in [-0.4, -0.2) is 11.1 Å². The Labute approximate surface area is 85.5 Å². The summed E-state index contributed by atoms with van der Waals surface area (Å²) in [7, 11) is 0. The number of hydrogen-bond acceptors (Lipinski definition) is 1. The lowest BCUT2D eigenvalue weighted by molar-refractivity contribution is -0.140. The van der Waals surface area contributed by atoms with Crippen molar-refractivity contribution < 1.29 is 18.7 Å². The molecule has 2 rings (SSSR count). The highest BCUT2D eigenvalue weighted by atomic mass is 19.1. The lowest BCUT2D eigenvalue weighted by Gasteiger charge is -2.12. The number of hydrogen-bond donors (Lipinski definition) is 1. The summed E-state index contributed by atoms with van der Waals surface area (Å²) in [4.78, 5) is 11.1. The molecule has 2 atom stereocenters. The third-order valence-electron chi connectivity index (χ3n) is 3.10. The van der Waals surface area contributed by atoms with E-state index in [0.717, 1.165) is 12.1 Å². The standard InChI is InChI=1S/C11H10F2O2/c1-6-5-11(6,10(14)15)8-3-2-7(12)4-9(8)13/h2-4,6H,5H2,1H3,(H,14,15). The summed E-state index contributed by atoms with van der Waals surface area (Å²) in [6.07, 6.45) is 0.408. The van der Waals surface area contributed by atoms with E-state index in [1.165, 1.54) is 6.07 Å². The van der Waals surface area contributed by atoms with Crippen molar-refractivity contribution in [2.24, 2.45) is 5.92 Å². The average Bonchev–Trinajstić information content (AvgIpc) is 2.78. The number of halogens is 2. The number of rotatable bonds is 2. The maximum Gasteiger partial charge on any atom is 0.314 e. The molecule has 1 aromatic carbocycles. The van der Waals surface area contributed by atoms with Crippen LogP contribution in [0.15, 0.2) is 18.2 Å². The van der Waals surface area contributed by atoms with E-state index < -0.39 is 23.0 Å². The van der Waals surface area contributed by atoms with Crippen LogP contribution in [0.3, 0.4) is 0 Å². The van der Waals surface area contributed by atoms with Gasteiger partial charge in [-0.1, -0.05) is 13.0 Å². The zero-order valence-corrected chi connectivity index (χ0v) is 8.13. The van der Waals surface area contributed by atoms with Gasteiger partial charge in [0.2, 0.25) is 0 Å². The van der Waals surface area contributed by atoms with Crippen molar-refractivity contribution >= 4 is 5.97 Å². The first-order valence-electron chi connectivity index (χ1n) is 4.67. The summed E-state index contributed by atoms with van der Waals surface area (Å²) in [5, 5.41) is 9.06. The van der Waals surface area contributed by atoms with E-state index in [2.05, 4.69) is 0 Å². The quantitative estimate of drug-likeness (QED) is 0.816. The number of benzene rings is 1. The van der Waals surface area contributed by atoms with Crippen LogP contribution in [0.1, 0.15) is 18.9 Å². The molecule has 0 heterocycles. The first-order valence-corrected chi connectivity index (χ1v) is 4.67. The largest absolute Gasteiger partial charge is 0.481 e. The molecule has 80 valence electrons. The van der Waals surface area contributed by atoms with Crippen molar-refractivity contribution in [1.29, 1.82) is 0 Å². The van der Waals surface area contributed by atoms with E-state index in [-0.39, 0.29) is 11.5 Å². The average molecular weight is 212 g/mol. The summed E-state index contributed by atoms with van der Waals surface area (Å²) < 4.78 is 26.1. The Kier molecular flexibility index (Phi) is 2.03. The Bertz CT molecular complexity index is 431. The van der Waals surface area contributed by atoms with Gasteiger partial charge in [-0.25, -0.2) is 8.78 Å². The van der Waals surface area contributed by atoms with Gasteiger partial charge in [0, 0.05) is 11.6 Å². The Balaban J connectivity index is 2.50. The van der Waals surface area contributed by atoms with E-state index in [0.29, 0.717) is 6.42 Å². The highest BCUT2D eigenvalue weighted by Crippen LogP contribution is 2.54. The molecule has 2 nitrogen and oxygen atoms in total. The summed E-state index contributed by atoms with van der Waals surface area (Å²) in [6, 6.07) is 3.04. The van der Waals surface area contributed by atoms with Crippen LogP contribution in [0.5, 0.6) is 0 Å². The predicted octanol–water partition coefficient (Wildman–Crippen LogP) is 2.33. The highest BCUT2D eigenvalue weighted by molar-refractivity contribution is 5.85. The Hall–Kier alpha value is -1.45. The molecule has 4 heteroatoms. The number of carboxylic acids is 1. The molecule has 1 aliphatic carbocycles. The van der Waals surface area contributed by atoms with Gasteiger partial charge < -0.3 is 5.11 Å². The molecule has 0 spiro atoms. The zero-order chi connectivity index (χ0) is 11.2. The van der Waals surface area contributed by atoms with Crippen LogP contribution in [0.2, 0.25) is 0 Å². The second-order valence-corrected chi connectivity index (χ2v) is 4.01. The number of carbonyl (C=O) groups is 1. The van der Waals surface area contributed by atoms with Gasteiger partial charge in [-0.3, -0.25) is 4.79 Å². The van der Waals surface area contributed by atoms with Crippen LogP contribution in [0.4, 0.5) is 8.78 Å². The topological polar surface area (TPSA) is 37.3 Å². The van der Waals surface area contributed by atoms with Gasteiger partial charge in [0.25, 0.3) is 0 Å². The minimum absolute atomic E-state index is 0.0869. The van der Waals surface area contributed by atoms with Gasteiger partial charge in [0.05, 0.1) is 5.41 Å². The lowest BCUT2D eigenvalue weighted by atomic mass is 9.93. The molecule has 1 aliphatic rings. The number of carboxylic acid groups (broad SMARTS) is 1. The van der Waals surface area contributed by atoms with E-state index in [9.17, 15) is 13.6 Å². The Morgan fingerprint density at radius 3 is 2.53 bits per heavy atom. The van der Waals surface area contributed by atoms with Crippen molar-refractivity contribution in [3.8, 4) is 0 Å². The molecule has 0 amide bonds. The molecule has 1 N–H and O–H groups in total. The molecule has 0 bridgehead atoms. The molecule has 1 aromatic rings. The van der Waals surface area contributed by atoms with Gasteiger partial charge >= 0.3 is 5.97 Å². The molecule has 15 heavy (non-hydrogen) atoms.